The molecule has 0 saturated carbocycles. The highest BCUT2D eigenvalue weighted by Gasteiger charge is 2.12. The number of hydrogen-bond donors (Lipinski definition) is 1. The van der Waals surface area contributed by atoms with Crippen molar-refractivity contribution in [3.05, 3.63) is 12.3 Å². The summed E-state index contributed by atoms with van der Waals surface area (Å²) in [7, 11) is 4.12. The van der Waals surface area contributed by atoms with E-state index in [1.165, 1.54) is 0 Å². The summed E-state index contributed by atoms with van der Waals surface area (Å²) in [6.07, 6.45) is 4.98. The van der Waals surface area contributed by atoms with E-state index in [2.05, 4.69) is 30.4 Å². The van der Waals surface area contributed by atoms with Crippen molar-refractivity contribution in [1.82, 2.24) is 10.2 Å². The van der Waals surface area contributed by atoms with Crippen LogP contribution >= 0.6 is 12.2 Å². The first-order valence-electron chi connectivity index (χ1n) is 3.32. The van der Waals surface area contributed by atoms with Crippen LogP contribution in [0.15, 0.2) is 12.3 Å². The molecule has 2 nitrogen and oxygen atoms in total. The molecule has 0 saturated heterocycles. The molecule has 1 aliphatic rings. The topological polar surface area (TPSA) is 15.3 Å². The maximum absolute atomic E-state index is 5.01. The monoisotopic (exact) mass is 156 g/mol. The molecule has 56 valence electrons. The largest absolute Gasteiger partial charge is 0.356 e. The highest BCUT2D eigenvalue weighted by atomic mass is 32.1. The number of nitrogens with zero attached hydrogens (tertiary/aromatic N) is 1. The summed E-state index contributed by atoms with van der Waals surface area (Å²) in [5.74, 6) is 0. The lowest BCUT2D eigenvalue weighted by Crippen LogP contribution is -2.35. The predicted octanol–water partition coefficient (Wildman–Crippen LogP) is 0.751. The molecular formula is C7H12N2S. The summed E-state index contributed by atoms with van der Waals surface area (Å²) in [5.41, 5.74) is 0. The smallest absolute Gasteiger partial charge is 0.0811 e. The standard InChI is InChI=1S/C7H12N2S/c1-9(2)6-3-4-8-7(10)5-6/h3-4,6H,5H2,1-2H3,(H,8,10). The molecule has 1 heterocycles. The normalized spacial score (nSPS) is 25.1. The second-order valence-electron chi connectivity index (χ2n) is 2.66. The second kappa shape index (κ2) is 3.12. The van der Waals surface area contributed by atoms with E-state index in [-0.39, 0.29) is 0 Å². The zero-order valence-electron chi connectivity index (χ0n) is 6.29. The zero-order valence-corrected chi connectivity index (χ0v) is 7.11. The van der Waals surface area contributed by atoms with Gasteiger partial charge in [-0.05, 0) is 20.3 Å². The van der Waals surface area contributed by atoms with Crippen molar-refractivity contribution in [1.29, 1.82) is 0 Å². The average molecular weight is 156 g/mol. The summed E-state index contributed by atoms with van der Waals surface area (Å²) >= 11 is 5.01. The fraction of sp³-hybridized carbons (Fsp3) is 0.571. The maximum Gasteiger partial charge on any atom is 0.0811 e. The van der Waals surface area contributed by atoms with Crippen LogP contribution in [0.3, 0.4) is 0 Å². The number of nitrogens with one attached hydrogen (secondary N) is 1. The van der Waals surface area contributed by atoms with E-state index >= 15 is 0 Å². The molecule has 0 amide bonds. The van der Waals surface area contributed by atoms with Crippen molar-refractivity contribution in [2.45, 2.75) is 12.5 Å². The summed E-state index contributed by atoms with van der Waals surface area (Å²) < 4.78 is 0. The molecular weight excluding hydrogens is 144 g/mol. The molecule has 1 aliphatic heterocycles. The van der Waals surface area contributed by atoms with Crippen LogP contribution in [-0.4, -0.2) is 30.0 Å². The van der Waals surface area contributed by atoms with Crippen molar-refractivity contribution in [3.8, 4) is 0 Å². The molecule has 1 N–H and O–H groups in total. The second-order valence-corrected chi connectivity index (χ2v) is 3.15. The van der Waals surface area contributed by atoms with Gasteiger partial charge in [0.2, 0.25) is 0 Å². The van der Waals surface area contributed by atoms with Gasteiger partial charge in [0.25, 0.3) is 0 Å². The van der Waals surface area contributed by atoms with E-state index in [0.717, 1.165) is 11.4 Å². The lowest BCUT2D eigenvalue weighted by molar-refractivity contribution is 0.347. The average Bonchev–Trinajstić information content (AvgIpc) is 1.88. The SMILES string of the molecule is CN(C)C1C=CNC(=S)C1. The Morgan fingerprint density at radius 1 is 1.70 bits per heavy atom. The van der Waals surface area contributed by atoms with Crippen molar-refractivity contribution < 1.29 is 0 Å². The molecule has 10 heavy (non-hydrogen) atoms. The predicted molar refractivity (Wildman–Crippen MR) is 47.0 cm³/mol. The van der Waals surface area contributed by atoms with E-state index in [1.807, 2.05) is 6.20 Å². The van der Waals surface area contributed by atoms with Crippen molar-refractivity contribution in [3.63, 3.8) is 0 Å². The Morgan fingerprint density at radius 3 is 2.80 bits per heavy atom. The van der Waals surface area contributed by atoms with Gasteiger partial charge in [-0.3, -0.25) is 0 Å². The van der Waals surface area contributed by atoms with E-state index in [1.54, 1.807) is 0 Å². The van der Waals surface area contributed by atoms with Crippen LogP contribution in [0.25, 0.3) is 0 Å². The van der Waals surface area contributed by atoms with Gasteiger partial charge in [-0.1, -0.05) is 18.3 Å². The van der Waals surface area contributed by atoms with Gasteiger partial charge in [0.05, 0.1) is 4.99 Å². The zero-order chi connectivity index (χ0) is 7.56. The lowest BCUT2D eigenvalue weighted by Gasteiger charge is -2.24. The number of rotatable bonds is 1. The van der Waals surface area contributed by atoms with Crippen LogP contribution in [0.5, 0.6) is 0 Å². The molecule has 0 spiro atoms. The van der Waals surface area contributed by atoms with Gasteiger partial charge in [-0.15, -0.1) is 0 Å². The Bertz CT molecular complexity index is 163. The van der Waals surface area contributed by atoms with Crippen molar-refractivity contribution >= 4 is 17.2 Å². The highest BCUT2D eigenvalue weighted by molar-refractivity contribution is 7.80. The molecule has 0 aliphatic carbocycles. The molecule has 1 atom stereocenters. The van der Waals surface area contributed by atoms with Gasteiger partial charge in [0, 0.05) is 12.5 Å². The van der Waals surface area contributed by atoms with E-state index in [9.17, 15) is 0 Å². The fourth-order valence-corrected chi connectivity index (χ4v) is 1.16. The number of hydrogen-bond acceptors (Lipinski definition) is 2. The van der Waals surface area contributed by atoms with Gasteiger partial charge < -0.3 is 10.2 Å². The van der Waals surface area contributed by atoms with E-state index in [0.29, 0.717) is 6.04 Å². The third-order valence-electron chi connectivity index (χ3n) is 1.62. The van der Waals surface area contributed by atoms with Crippen LogP contribution < -0.4 is 5.32 Å². The molecule has 0 fully saturated rings. The molecule has 0 aromatic carbocycles. The van der Waals surface area contributed by atoms with Crippen LogP contribution in [0.1, 0.15) is 6.42 Å². The first-order chi connectivity index (χ1) is 4.70. The molecule has 3 heteroatoms. The Kier molecular flexibility index (Phi) is 2.40. The third-order valence-corrected chi connectivity index (χ3v) is 1.91. The maximum atomic E-state index is 5.01. The van der Waals surface area contributed by atoms with E-state index in [4.69, 9.17) is 12.2 Å². The van der Waals surface area contributed by atoms with Gasteiger partial charge >= 0.3 is 0 Å². The Morgan fingerprint density at radius 2 is 2.40 bits per heavy atom. The molecule has 1 rings (SSSR count). The van der Waals surface area contributed by atoms with Crippen LogP contribution in [0, 0.1) is 0 Å². The minimum atomic E-state index is 0.480. The summed E-state index contributed by atoms with van der Waals surface area (Å²) in [5, 5.41) is 2.99. The van der Waals surface area contributed by atoms with Gasteiger partial charge in [-0.2, -0.15) is 0 Å². The quantitative estimate of drug-likeness (QED) is 0.564. The van der Waals surface area contributed by atoms with Gasteiger partial charge in [-0.25, -0.2) is 0 Å². The fourth-order valence-electron chi connectivity index (χ4n) is 0.924. The first-order valence-corrected chi connectivity index (χ1v) is 3.73. The summed E-state index contributed by atoms with van der Waals surface area (Å²) in [6.45, 7) is 0. The number of likely N-dealkylation sites (N-methyl/N-ethyl adjacent to an activating group) is 1. The van der Waals surface area contributed by atoms with Crippen LogP contribution in [0.4, 0.5) is 0 Å². The highest BCUT2D eigenvalue weighted by Crippen LogP contribution is 2.05. The molecule has 0 aromatic heterocycles. The third kappa shape index (κ3) is 1.78. The lowest BCUT2D eigenvalue weighted by atomic mass is 10.1. The van der Waals surface area contributed by atoms with Crippen LogP contribution in [0.2, 0.25) is 0 Å². The molecule has 1 unspecified atom stereocenters. The Labute approximate surface area is 66.9 Å². The van der Waals surface area contributed by atoms with Gasteiger partial charge in [0.1, 0.15) is 0 Å². The minimum absolute atomic E-state index is 0.480. The van der Waals surface area contributed by atoms with Crippen LogP contribution in [-0.2, 0) is 0 Å². The molecule has 0 radical (unpaired) electrons. The summed E-state index contributed by atoms with van der Waals surface area (Å²) in [6, 6.07) is 0.480. The van der Waals surface area contributed by atoms with Crippen molar-refractivity contribution in [2.75, 3.05) is 14.1 Å². The first kappa shape index (κ1) is 7.69. The van der Waals surface area contributed by atoms with Gasteiger partial charge in [0.15, 0.2) is 0 Å². The Balaban J connectivity index is 2.55. The van der Waals surface area contributed by atoms with Crippen molar-refractivity contribution in [2.24, 2.45) is 0 Å². The minimum Gasteiger partial charge on any atom is -0.356 e. The molecule has 0 bridgehead atoms. The number of thiocarbonyl (C=S) groups is 1. The summed E-state index contributed by atoms with van der Waals surface area (Å²) in [4.78, 5) is 3.09. The molecule has 0 aromatic rings. The Hall–Kier alpha value is -0.410. The van der Waals surface area contributed by atoms with E-state index < -0.39 is 0 Å².